The lowest BCUT2D eigenvalue weighted by atomic mass is 9.88. The molecule has 0 aromatic rings. The summed E-state index contributed by atoms with van der Waals surface area (Å²) < 4.78 is 5.36. The van der Waals surface area contributed by atoms with Gasteiger partial charge in [-0.3, -0.25) is 4.79 Å². The van der Waals surface area contributed by atoms with Crippen LogP contribution >= 0.6 is 0 Å². The Bertz CT molecular complexity index is 296. The molecule has 1 saturated heterocycles. The minimum absolute atomic E-state index is 0.0600. The molecule has 4 nitrogen and oxygen atoms in total. The second-order valence-corrected chi connectivity index (χ2v) is 4.98. The maximum absolute atomic E-state index is 12.4. The molecule has 1 heterocycles. The van der Waals surface area contributed by atoms with Crippen LogP contribution in [0.5, 0.6) is 0 Å². The van der Waals surface area contributed by atoms with E-state index < -0.39 is 0 Å². The van der Waals surface area contributed by atoms with Gasteiger partial charge in [0.1, 0.15) is 0 Å². The van der Waals surface area contributed by atoms with Crippen molar-refractivity contribution < 1.29 is 9.53 Å². The van der Waals surface area contributed by atoms with Gasteiger partial charge in [0.25, 0.3) is 0 Å². The number of rotatable bonds is 4. The number of hydrogen-bond donors (Lipinski definition) is 0. The number of carbonyl (C=O) groups excluding carboxylic acids is 1. The summed E-state index contributed by atoms with van der Waals surface area (Å²) >= 11 is 0. The van der Waals surface area contributed by atoms with Crippen LogP contribution in [0, 0.1) is 23.2 Å². The van der Waals surface area contributed by atoms with Gasteiger partial charge < -0.3 is 9.64 Å². The van der Waals surface area contributed by atoms with Gasteiger partial charge in [-0.05, 0) is 26.2 Å². The predicted octanol–water partition coefficient (Wildman–Crippen LogP) is 1.81. The lowest BCUT2D eigenvalue weighted by Gasteiger charge is -2.34. The Morgan fingerprint density at radius 3 is 2.82 bits per heavy atom. The molecule has 0 N–H and O–H groups in total. The van der Waals surface area contributed by atoms with E-state index in [2.05, 4.69) is 13.0 Å². The highest BCUT2D eigenvalue weighted by Crippen LogP contribution is 2.24. The van der Waals surface area contributed by atoms with Crippen LogP contribution in [0.3, 0.4) is 0 Å². The fraction of sp³-hybridized carbons (Fsp3) is 0.846. The molecular formula is C13H22N2O2. The Balaban J connectivity index is 2.66. The van der Waals surface area contributed by atoms with Gasteiger partial charge in [0.05, 0.1) is 12.5 Å². The monoisotopic (exact) mass is 238 g/mol. The average Bonchev–Trinajstić information content (AvgIpc) is 2.29. The van der Waals surface area contributed by atoms with E-state index in [1.54, 1.807) is 0 Å². The molecule has 0 aromatic heterocycles. The summed E-state index contributed by atoms with van der Waals surface area (Å²) in [6.07, 6.45) is 1.21. The number of carbonyl (C=O) groups is 1. The summed E-state index contributed by atoms with van der Waals surface area (Å²) in [4.78, 5) is 14.2. The molecule has 1 rings (SSSR count). The van der Waals surface area contributed by atoms with Crippen molar-refractivity contribution >= 4 is 5.91 Å². The first-order valence-corrected chi connectivity index (χ1v) is 6.33. The zero-order valence-electron chi connectivity index (χ0n) is 11.0. The van der Waals surface area contributed by atoms with Crippen LogP contribution in [0.25, 0.3) is 0 Å². The third kappa shape index (κ3) is 3.71. The third-order valence-corrected chi connectivity index (χ3v) is 3.33. The van der Waals surface area contributed by atoms with Gasteiger partial charge in [-0.2, -0.15) is 5.26 Å². The molecule has 0 radical (unpaired) electrons. The Morgan fingerprint density at radius 2 is 2.29 bits per heavy atom. The van der Waals surface area contributed by atoms with Crippen molar-refractivity contribution in [2.24, 2.45) is 11.8 Å². The van der Waals surface area contributed by atoms with Crippen molar-refractivity contribution in [3.05, 3.63) is 0 Å². The molecule has 1 aliphatic heterocycles. The second kappa shape index (κ2) is 6.61. The van der Waals surface area contributed by atoms with E-state index in [0.717, 1.165) is 6.42 Å². The van der Waals surface area contributed by atoms with Crippen molar-refractivity contribution in [3.63, 3.8) is 0 Å². The maximum Gasteiger partial charge on any atom is 0.226 e. The van der Waals surface area contributed by atoms with Crippen molar-refractivity contribution in [3.8, 4) is 6.07 Å². The summed E-state index contributed by atoms with van der Waals surface area (Å²) in [6, 6.07) is 2.26. The van der Waals surface area contributed by atoms with E-state index in [1.807, 2.05) is 18.7 Å². The molecule has 4 heteroatoms. The van der Waals surface area contributed by atoms with Crippen molar-refractivity contribution in [1.29, 1.82) is 5.26 Å². The molecule has 0 aromatic carbocycles. The van der Waals surface area contributed by atoms with E-state index in [4.69, 9.17) is 10.00 Å². The number of hydrogen-bond acceptors (Lipinski definition) is 3. The molecule has 96 valence electrons. The van der Waals surface area contributed by atoms with Gasteiger partial charge in [-0.15, -0.1) is 0 Å². The molecule has 0 saturated carbocycles. The Kier molecular flexibility index (Phi) is 5.43. The van der Waals surface area contributed by atoms with Crippen LogP contribution in [-0.2, 0) is 9.53 Å². The Hall–Kier alpha value is -1.08. The number of ether oxygens (including phenoxy) is 1. The molecule has 0 spiro atoms. The topological polar surface area (TPSA) is 53.3 Å². The van der Waals surface area contributed by atoms with E-state index in [0.29, 0.717) is 26.2 Å². The fourth-order valence-corrected chi connectivity index (χ4v) is 2.25. The number of amides is 1. The first-order valence-electron chi connectivity index (χ1n) is 6.33. The minimum atomic E-state index is 0.0600. The quantitative estimate of drug-likeness (QED) is 0.750. The molecular weight excluding hydrogens is 216 g/mol. The van der Waals surface area contributed by atoms with Gasteiger partial charge >= 0.3 is 0 Å². The lowest BCUT2D eigenvalue weighted by Crippen LogP contribution is -2.45. The minimum Gasteiger partial charge on any atom is -0.381 e. The molecule has 2 unspecified atom stereocenters. The van der Waals surface area contributed by atoms with Gasteiger partial charge in [0.2, 0.25) is 5.91 Å². The number of nitrogens with zero attached hydrogens (tertiary/aromatic N) is 2. The van der Waals surface area contributed by atoms with Crippen molar-refractivity contribution in [2.45, 2.75) is 39.7 Å². The molecule has 2 atom stereocenters. The van der Waals surface area contributed by atoms with Gasteiger partial charge in [-0.1, -0.05) is 6.92 Å². The van der Waals surface area contributed by atoms with Crippen LogP contribution in [0.4, 0.5) is 0 Å². The zero-order chi connectivity index (χ0) is 12.8. The summed E-state index contributed by atoms with van der Waals surface area (Å²) in [7, 11) is 0. The van der Waals surface area contributed by atoms with Crippen LogP contribution in [0.1, 0.15) is 33.6 Å². The summed E-state index contributed by atoms with van der Waals surface area (Å²) in [5.74, 6) is 0.524. The van der Waals surface area contributed by atoms with E-state index >= 15 is 0 Å². The highest BCUT2D eigenvalue weighted by Gasteiger charge is 2.32. The third-order valence-electron chi connectivity index (χ3n) is 3.33. The van der Waals surface area contributed by atoms with Crippen LogP contribution in [-0.4, -0.2) is 36.6 Å². The summed E-state index contributed by atoms with van der Waals surface area (Å²) in [5, 5.41) is 8.63. The highest BCUT2D eigenvalue weighted by atomic mass is 16.5. The maximum atomic E-state index is 12.4. The first-order chi connectivity index (χ1) is 8.07. The van der Waals surface area contributed by atoms with E-state index in [9.17, 15) is 4.79 Å². The smallest absolute Gasteiger partial charge is 0.226 e. The Morgan fingerprint density at radius 1 is 1.59 bits per heavy atom. The summed E-state index contributed by atoms with van der Waals surface area (Å²) in [6.45, 7) is 7.94. The Labute approximate surface area is 104 Å². The molecule has 17 heavy (non-hydrogen) atoms. The molecule has 0 bridgehead atoms. The van der Waals surface area contributed by atoms with E-state index in [-0.39, 0.29) is 23.8 Å². The van der Waals surface area contributed by atoms with E-state index in [1.165, 1.54) is 0 Å². The van der Waals surface area contributed by atoms with Gasteiger partial charge in [-0.25, -0.2) is 0 Å². The van der Waals surface area contributed by atoms with Crippen LogP contribution in [0.2, 0.25) is 0 Å². The van der Waals surface area contributed by atoms with Gasteiger partial charge in [0, 0.05) is 31.7 Å². The van der Waals surface area contributed by atoms with Crippen LogP contribution in [0.15, 0.2) is 0 Å². The zero-order valence-corrected chi connectivity index (χ0v) is 11.0. The normalized spacial score (nSPS) is 24.4. The van der Waals surface area contributed by atoms with Crippen molar-refractivity contribution in [2.75, 3.05) is 19.8 Å². The first kappa shape index (κ1) is 14.0. The lowest BCUT2D eigenvalue weighted by molar-refractivity contribution is -0.143. The fourth-order valence-electron chi connectivity index (χ4n) is 2.25. The molecule has 0 aliphatic carbocycles. The highest BCUT2D eigenvalue weighted by molar-refractivity contribution is 5.79. The van der Waals surface area contributed by atoms with Crippen LogP contribution < -0.4 is 0 Å². The molecule has 1 amide bonds. The molecule has 1 fully saturated rings. The second-order valence-electron chi connectivity index (χ2n) is 4.98. The predicted molar refractivity (Wildman–Crippen MR) is 65.2 cm³/mol. The number of nitriles is 1. The average molecular weight is 238 g/mol. The summed E-state index contributed by atoms with van der Waals surface area (Å²) in [5.41, 5.74) is 0. The SMILES string of the molecule is CC1COCCC1C(=O)N(CCC#N)C(C)C. The van der Waals surface area contributed by atoms with Crippen molar-refractivity contribution in [1.82, 2.24) is 4.90 Å². The largest absolute Gasteiger partial charge is 0.381 e. The standard InChI is InChI=1S/C13H22N2O2/c1-10(2)15(7-4-6-14)13(16)12-5-8-17-9-11(12)3/h10-12H,4-5,7-9H2,1-3H3. The molecule has 1 aliphatic rings. The van der Waals surface area contributed by atoms with Gasteiger partial charge in [0.15, 0.2) is 0 Å².